The summed E-state index contributed by atoms with van der Waals surface area (Å²) in [5.74, 6) is 2.03. The molecule has 0 aliphatic carbocycles. The summed E-state index contributed by atoms with van der Waals surface area (Å²) < 4.78 is 0. The van der Waals surface area contributed by atoms with Crippen LogP contribution in [0.25, 0.3) is 0 Å². The smallest absolute Gasteiger partial charge is 0.191 e. The van der Waals surface area contributed by atoms with Gasteiger partial charge in [-0.1, -0.05) is 13.8 Å². The molecule has 4 nitrogen and oxygen atoms in total. The Kier molecular flexibility index (Phi) is 18.7. The molecule has 1 atom stereocenters. The molecule has 0 aromatic heterocycles. The lowest BCUT2D eigenvalue weighted by Crippen LogP contribution is -2.42. The summed E-state index contributed by atoms with van der Waals surface area (Å²) >= 11 is 1.83. The first-order chi connectivity index (χ1) is 9.67. The number of nitrogens with zero attached hydrogens (tertiary/aromatic N) is 2. The van der Waals surface area contributed by atoms with E-state index in [0.29, 0.717) is 6.04 Å². The molecule has 1 unspecified atom stereocenters. The first-order valence-electron chi connectivity index (χ1n) is 7.93. The van der Waals surface area contributed by atoms with Gasteiger partial charge in [-0.25, -0.2) is 0 Å². The van der Waals surface area contributed by atoms with Gasteiger partial charge in [0.2, 0.25) is 0 Å². The summed E-state index contributed by atoms with van der Waals surface area (Å²) in [5, 5.41) is 6.81. The van der Waals surface area contributed by atoms with E-state index >= 15 is 0 Å². The van der Waals surface area contributed by atoms with E-state index in [1.54, 1.807) is 0 Å². The molecule has 0 aliphatic rings. The minimum Gasteiger partial charge on any atom is -0.357 e. The van der Waals surface area contributed by atoms with Crippen LogP contribution >= 0.6 is 35.7 Å². The zero-order chi connectivity index (χ0) is 15.2. The van der Waals surface area contributed by atoms with Crippen LogP contribution in [0.2, 0.25) is 0 Å². The molecule has 0 aromatic rings. The first kappa shape index (κ1) is 23.6. The van der Waals surface area contributed by atoms with Crippen LogP contribution in [0.5, 0.6) is 0 Å². The third-order valence-corrected chi connectivity index (χ3v) is 3.89. The fourth-order valence-electron chi connectivity index (χ4n) is 2.04. The zero-order valence-corrected chi connectivity index (χ0v) is 17.6. The van der Waals surface area contributed by atoms with E-state index in [9.17, 15) is 0 Å². The van der Waals surface area contributed by atoms with Gasteiger partial charge in [0.15, 0.2) is 5.96 Å². The molecule has 0 rings (SSSR count). The third-order valence-electron chi connectivity index (χ3n) is 3.30. The maximum atomic E-state index is 4.58. The Morgan fingerprint density at radius 2 is 1.90 bits per heavy atom. The van der Waals surface area contributed by atoms with E-state index in [-0.39, 0.29) is 24.0 Å². The predicted molar refractivity (Wildman–Crippen MR) is 109 cm³/mol. The highest BCUT2D eigenvalue weighted by Crippen LogP contribution is 2.00. The average Bonchev–Trinajstić information content (AvgIpc) is 2.44. The van der Waals surface area contributed by atoms with Crippen LogP contribution in [0.15, 0.2) is 4.99 Å². The number of nitrogens with one attached hydrogen (secondary N) is 2. The fourth-order valence-corrected chi connectivity index (χ4v) is 2.31. The summed E-state index contributed by atoms with van der Waals surface area (Å²) in [6, 6.07) is 0.470. The minimum atomic E-state index is 0. The highest BCUT2D eigenvalue weighted by molar-refractivity contribution is 14.0. The SMILES string of the molecule is CCNC(=NCCSC)NC(C)CCCN(CC)CC.I. The van der Waals surface area contributed by atoms with Crippen molar-refractivity contribution in [2.45, 2.75) is 46.6 Å². The molecule has 0 aromatic carbocycles. The number of aliphatic imine (C=N–C) groups is 1. The van der Waals surface area contributed by atoms with Crippen LogP contribution in [0.4, 0.5) is 0 Å². The molecular formula is C15H35IN4S. The van der Waals surface area contributed by atoms with E-state index in [4.69, 9.17) is 0 Å². The monoisotopic (exact) mass is 430 g/mol. The van der Waals surface area contributed by atoms with Crippen LogP contribution in [-0.4, -0.2) is 61.6 Å². The number of thioether (sulfide) groups is 1. The molecule has 0 fully saturated rings. The summed E-state index contributed by atoms with van der Waals surface area (Å²) in [5.41, 5.74) is 0. The van der Waals surface area contributed by atoms with Gasteiger partial charge in [0.05, 0.1) is 6.54 Å². The van der Waals surface area contributed by atoms with Crippen molar-refractivity contribution < 1.29 is 0 Å². The first-order valence-corrected chi connectivity index (χ1v) is 9.33. The van der Waals surface area contributed by atoms with Crippen LogP contribution in [0.3, 0.4) is 0 Å². The van der Waals surface area contributed by atoms with Crippen LogP contribution in [0.1, 0.15) is 40.5 Å². The van der Waals surface area contributed by atoms with E-state index in [1.165, 1.54) is 19.4 Å². The van der Waals surface area contributed by atoms with E-state index in [1.807, 2.05) is 11.8 Å². The molecule has 0 saturated heterocycles. The number of rotatable bonds is 11. The Balaban J connectivity index is 0. The second-order valence-electron chi connectivity index (χ2n) is 4.97. The van der Waals surface area contributed by atoms with Gasteiger partial charge in [0.1, 0.15) is 0 Å². The lowest BCUT2D eigenvalue weighted by Gasteiger charge is -2.21. The molecule has 0 radical (unpaired) electrons. The van der Waals surface area contributed by atoms with E-state index < -0.39 is 0 Å². The van der Waals surface area contributed by atoms with Gasteiger partial charge in [0.25, 0.3) is 0 Å². The summed E-state index contributed by atoms with van der Waals surface area (Å²) in [6.07, 6.45) is 4.54. The zero-order valence-electron chi connectivity index (χ0n) is 14.4. The number of halogens is 1. The molecule has 21 heavy (non-hydrogen) atoms. The van der Waals surface area contributed by atoms with Gasteiger partial charge >= 0.3 is 0 Å². The van der Waals surface area contributed by atoms with Crippen LogP contribution < -0.4 is 10.6 Å². The molecule has 2 N–H and O–H groups in total. The number of guanidine groups is 1. The predicted octanol–water partition coefficient (Wildman–Crippen LogP) is 3.03. The van der Waals surface area contributed by atoms with E-state index in [0.717, 1.165) is 37.9 Å². The van der Waals surface area contributed by atoms with Crippen molar-refractivity contribution in [1.82, 2.24) is 15.5 Å². The van der Waals surface area contributed by atoms with Crippen LogP contribution in [-0.2, 0) is 0 Å². The van der Waals surface area contributed by atoms with Crippen molar-refractivity contribution in [3.05, 3.63) is 0 Å². The quantitative estimate of drug-likeness (QED) is 0.229. The van der Waals surface area contributed by atoms with Gasteiger partial charge in [-0.2, -0.15) is 11.8 Å². The summed E-state index contributed by atoms with van der Waals surface area (Å²) in [6.45, 7) is 14.1. The van der Waals surface area contributed by atoms with Gasteiger partial charge in [-0.05, 0) is 52.6 Å². The normalized spacial score (nSPS) is 13.0. The minimum absolute atomic E-state index is 0. The van der Waals surface area contributed by atoms with Gasteiger partial charge in [-0.15, -0.1) is 24.0 Å². The summed E-state index contributed by atoms with van der Waals surface area (Å²) in [7, 11) is 0. The van der Waals surface area contributed by atoms with Crippen molar-refractivity contribution in [3.8, 4) is 0 Å². The Bertz CT molecular complexity index is 248. The lowest BCUT2D eigenvalue weighted by molar-refractivity contribution is 0.292. The standard InChI is InChI=1S/C15H34N4S.HI/c1-6-16-15(17-11-13-20-5)18-14(4)10-9-12-19(7-2)8-3;/h14H,6-13H2,1-5H3,(H2,16,17,18);1H. The van der Waals surface area contributed by atoms with Crippen molar-refractivity contribution in [1.29, 1.82) is 0 Å². The van der Waals surface area contributed by atoms with Crippen molar-refractivity contribution >= 4 is 41.7 Å². The fraction of sp³-hybridized carbons (Fsp3) is 0.933. The molecule has 0 heterocycles. The largest absolute Gasteiger partial charge is 0.357 e. The lowest BCUT2D eigenvalue weighted by atomic mass is 10.2. The molecule has 6 heteroatoms. The van der Waals surface area contributed by atoms with Gasteiger partial charge < -0.3 is 15.5 Å². The topological polar surface area (TPSA) is 39.7 Å². The second kappa shape index (κ2) is 16.7. The Morgan fingerprint density at radius 3 is 2.43 bits per heavy atom. The Hall–Kier alpha value is 0.310. The van der Waals surface area contributed by atoms with Gasteiger partial charge in [0, 0.05) is 18.3 Å². The van der Waals surface area contributed by atoms with Crippen molar-refractivity contribution in [2.24, 2.45) is 4.99 Å². The van der Waals surface area contributed by atoms with Crippen molar-refractivity contribution in [3.63, 3.8) is 0 Å². The second-order valence-corrected chi connectivity index (χ2v) is 5.95. The maximum absolute atomic E-state index is 4.58. The molecule has 0 saturated carbocycles. The summed E-state index contributed by atoms with van der Waals surface area (Å²) in [4.78, 5) is 7.06. The highest BCUT2D eigenvalue weighted by atomic mass is 127. The van der Waals surface area contributed by atoms with Gasteiger partial charge in [-0.3, -0.25) is 4.99 Å². The Labute approximate surface area is 153 Å². The molecule has 0 bridgehead atoms. The third kappa shape index (κ3) is 13.7. The van der Waals surface area contributed by atoms with Crippen LogP contribution in [0, 0.1) is 0 Å². The molecule has 128 valence electrons. The highest BCUT2D eigenvalue weighted by Gasteiger charge is 2.06. The molecule has 0 spiro atoms. The Morgan fingerprint density at radius 1 is 1.24 bits per heavy atom. The molecular weight excluding hydrogens is 395 g/mol. The molecule has 0 aliphatic heterocycles. The molecule has 0 amide bonds. The average molecular weight is 430 g/mol. The van der Waals surface area contributed by atoms with Crippen molar-refractivity contribution in [2.75, 3.05) is 44.7 Å². The maximum Gasteiger partial charge on any atom is 0.191 e. The number of hydrogen-bond acceptors (Lipinski definition) is 3. The number of hydrogen-bond donors (Lipinski definition) is 2. The van der Waals surface area contributed by atoms with E-state index in [2.05, 4.69) is 54.5 Å².